The maximum absolute atomic E-state index is 13.1. The lowest BCUT2D eigenvalue weighted by Crippen LogP contribution is -2.32. The molecule has 0 bridgehead atoms. The number of aromatic nitrogens is 3. The number of rotatable bonds is 3. The smallest absolute Gasteiger partial charge is 0.291 e. The zero-order valence-electron chi connectivity index (χ0n) is 15.0. The predicted octanol–water partition coefficient (Wildman–Crippen LogP) is 3.03. The minimum absolute atomic E-state index is 0.220. The van der Waals surface area contributed by atoms with E-state index < -0.39 is 0 Å². The molecule has 142 valence electrons. The summed E-state index contributed by atoms with van der Waals surface area (Å²) in [7, 11) is 0. The maximum Gasteiger partial charge on any atom is 0.291 e. The Hall–Kier alpha value is -3.10. The summed E-state index contributed by atoms with van der Waals surface area (Å²) in [6, 6.07) is 15.1. The number of thiazole rings is 1. The van der Waals surface area contributed by atoms with Gasteiger partial charge in [0.15, 0.2) is 5.82 Å². The molecule has 29 heavy (non-hydrogen) atoms. The van der Waals surface area contributed by atoms with E-state index in [1.165, 1.54) is 15.9 Å². The molecule has 0 saturated carbocycles. The van der Waals surface area contributed by atoms with E-state index in [1.807, 2.05) is 48.5 Å². The van der Waals surface area contributed by atoms with Gasteiger partial charge in [-0.05, 0) is 18.2 Å². The van der Waals surface area contributed by atoms with Crippen molar-refractivity contribution in [3.63, 3.8) is 0 Å². The Kier molecular flexibility index (Phi) is 4.18. The van der Waals surface area contributed by atoms with Gasteiger partial charge in [-0.25, -0.2) is 0 Å². The Labute approximate surface area is 177 Å². The minimum atomic E-state index is -0.339. The first-order valence-corrected chi connectivity index (χ1v) is 10.4. The van der Waals surface area contributed by atoms with Gasteiger partial charge in [0.2, 0.25) is 4.96 Å². The first kappa shape index (κ1) is 18.0. The number of nitrogens with zero attached hydrogens (tertiary/aromatic N) is 4. The van der Waals surface area contributed by atoms with E-state index in [2.05, 4.69) is 32.6 Å². The van der Waals surface area contributed by atoms with Gasteiger partial charge in [0.05, 0.1) is 11.3 Å². The molecule has 0 N–H and O–H groups in total. The fourth-order valence-electron chi connectivity index (χ4n) is 3.43. The van der Waals surface area contributed by atoms with E-state index >= 15 is 0 Å². The van der Waals surface area contributed by atoms with E-state index in [4.69, 9.17) is 0 Å². The average Bonchev–Trinajstić information content (AvgIpc) is 3.35. The van der Waals surface area contributed by atoms with E-state index in [-0.39, 0.29) is 11.5 Å². The second-order valence-corrected chi connectivity index (χ2v) is 8.37. The Morgan fingerprint density at radius 3 is 2.66 bits per heavy atom. The Morgan fingerprint density at radius 2 is 1.93 bits per heavy atom. The molecule has 1 aliphatic heterocycles. The number of hydrogen-bond donors (Lipinski definition) is 0. The Balaban J connectivity index is 1.76. The summed E-state index contributed by atoms with van der Waals surface area (Å²) in [5.41, 5.74) is 2.36. The zero-order valence-corrected chi connectivity index (χ0v) is 17.4. The van der Waals surface area contributed by atoms with Crippen LogP contribution in [0.5, 0.6) is 0 Å². The summed E-state index contributed by atoms with van der Waals surface area (Å²) in [5.74, 6) is 0.266. The van der Waals surface area contributed by atoms with Crippen LogP contribution < -0.4 is 15.0 Å². The van der Waals surface area contributed by atoms with Gasteiger partial charge in [0.1, 0.15) is 4.53 Å². The van der Waals surface area contributed by atoms with Crippen LogP contribution in [0.25, 0.3) is 21.9 Å². The van der Waals surface area contributed by atoms with Crippen LogP contribution in [-0.2, 0) is 4.79 Å². The molecule has 3 heterocycles. The summed E-state index contributed by atoms with van der Waals surface area (Å²) in [6.45, 7) is 4.10. The standard InChI is InChI=1S/C21H13BrN4O2S/c1-2-10-25-15-9-8-13(22)11-14(15)16(19(25)27)17-20(28)26-21(29-17)23-18(24-26)12-6-4-3-5-7-12/h2-9,11H,1,10H2/b17-16-. The van der Waals surface area contributed by atoms with Crippen molar-refractivity contribution in [2.75, 3.05) is 11.4 Å². The van der Waals surface area contributed by atoms with Crippen LogP contribution >= 0.6 is 27.3 Å². The number of halogens is 1. The third kappa shape index (κ3) is 2.75. The van der Waals surface area contributed by atoms with Crippen LogP contribution in [0.1, 0.15) is 5.56 Å². The number of carbonyl (C=O) groups excluding carboxylic acids is 1. The number of hydrogen-bond acceptors (Lipinski definition) is 5. The fourth-order valence-corrected chi connectivity index (χ4v) is 4.79. The summed E-state index contributed by atoms with van der Waals surface area (Å²) in [6.07, 6.45) is 1.67. The molecule has 2 aromatic heterocycles. The van der Waals surface area contributed by atoms with Gasteiger partial charge in [-0.15, -0.1) is 11.7 Å². The SMILES string of the molecule is C=CCN1C(=O)/C(=c2\sc3nc(-c4ccccc4)nn3c2=O)c2cc(Br)ccc21. The summed E-state index contributed by atoms with van der Waals surface area (Å²) in [4.78, 5) is 32.8. The monoisotopic (exact) mass is 464 g/mol. The predicted molar refractivity (Wildman–Crippen MR) is 117 cm³/mol. The first-order chi connectivity index (χ1) is 14.1. The van der Waals surface area contributed by atoms with Gasteiger partial charge in [0.25, 0.3) is 11.5 Å². The summed E-state index contributed by atoms with van der Waals surface area (Å²) < 4.78 is 2.45. The van der Waals surface area contributed by atoms with Gasteiger partial charge in [-0.3, -0.25) is 9.59 Å². The van der Waals surface area contributed by atoms with Crippen LogP contribution in [0, 0.1) is 0 Å². The Bertz CT molecular complexity index is 1410. The van der Waals surface area contributed by atoms with Crippen molar-refractivity contribution in [1.29, 1.82) is 0 Å². The highest BCUT2D eigenvalue weighted by Gasteiger charge is 2.34. The van der Waals surface area contributed by atoms with Gasteiger partial charge in [0, 0.05) is 22.1 Å². The molecule has 6 nitrogen and oxygen atoms in total. The molecule has 1 amide bonds. The lowest BCUT2D eigenvalue weighted by Gasteiger charge is -2.14. The normalized spacial score (nSPS) is 15.2. The van der Waals surface area contributed by atoms with Crippen molar-refractivity contribution in [2.45, 2.75) is 0 Å². The molecule has 0 saturated heterocycles. The third-order valence-corrected chi connectivity index (χ3v) is 6.23. The molecular formula is C21H13BrN4O2S. The number of amides is 1. The van der Waals surface area contributed by atoms with Crippen molar-refractivity contribution in [1.82, 2.24) is 14.6 Å². The second-order valence-electron chi connectivity index (χ2n) is 6.47. The van der Waals surface area contributed by atoms with Gasteiger partial charge in [-0.1, -0.05) is 63.7 Å². The lowest BCUT2D eigenvalue weighted by molar-refractivity contribution is -0.112. The number of anilines is 1. The second kappa shape index (κ2) is 6.75. The third-order valence-electron chi connectivity index (χ3n) is 4.71. The zero-order chi connectivity index (χ0) is 20.1. The molecule has 0 unspecified atom stereocenters. The highest BCUT2D eigenvalue weighted by atomic mass is 79.9. The average molecular weight is 465 g/mol. The van der Waals surface area contributed by atoms with Gasteiger partial charge >= 0.3 is 0 Å². The minimum Gasteiger partial charge on any atom is -0.304 e. The van der Waals surface area contributed by atoms with Crippen molar-refractivity contribution in [2.24, 2.45) is 0 Å². The van der Waals surface area contributed by atoms with Crippen molar-refractivity contribution >= 4 is 49.4 Å². The Morgan fingerprint density at radius 1 is 1.14 bits per heavy atom. The van der Waals surface area contributed by atoms with Gasteiger partial charge < -0.3 is 4.90 Å². The first-order valence-electron chi connectivity index (χ1n) is 8.80. The summed E-state index contributed by atoms with van der Waals surface area (Å²) in [5, 5.41) is 4.37. The van der Waals surface area contributed by atoms with Crippen LogP contribution in [-0.4, -0.2) is 27.0 Å². The van der Waals surface area contributed by atoms with Gasteiger partial charge in [-0.2, -0.15) is 9.50 Å². The van der Waals surface area contributed by atoms with Crippen LogP contribution in [0.3, 0.4) is 0 Å². The van der Waals surface area contributed by atoms with Crippen LogP contribution in [0.15, 0.2) is 70.5 Å². The molecule has 0 fully saturated rings. The molecule has 5 rings (SSSR count). The largest absolute Gasteiger partial charge is 0.304 e. The fraction of sp³-hybridized carbons (Fsp3) is 0.0476. The molecule has 0 spiro atoms. The molecule has 4 aromatic rings. The van der Waals surface area contributed by atoms with E-state index in [1.54, 1.807) is 11.0 Å². The lowest BCUT2D eigenvalue weighted by atomic mass is 10.1. The molecular weight excluding hydrogens is 452 g/mol. The quantitative estimate of drug-likeness (QED) is 0.437. The summed E-state index contributed by atoms with van der Waals surface area (Å²) >= 11 is 4.64. The molecule has 8 heteroatoms. The molecule has 0 atom stereocenters. The number of carbonyl (C=O) groups is 1. The molecule has 1 aliphatic rings. The van der Waals surface area contributed by atoms with E-state index in [9.17, 15) is 9.59 Å². The van der Waals surface area contributed by atoms with E-state index in [0.29, 0.717) is 27.4 Å². The molecule has 0 aliphatic carbocycles. The molecule has 0 radical (unpaired) electrons. The highest BCUT2D eigenvalue weighted by molar-refractivity contribution is 9.10. The van der Waals surface area contributed by atoms with Crippen molar-refractivity contribution in [3.05, 3.63) is 86.1 Å². The van der Waals surface area contributed by atoms with Crippen molar-refractivity contribution in [3.8, 4) is 11.4 Å². The highest BCUT2D eigenvalue weighted by Crippen LogP contribution is 2.37. The maximum atomic E-state index is 13.1. The van der Waals surface area contributed by atoms with Crippen molar-refractivity contribution < 1.29 is 4.79 Å². The number of benzene rings is 2. The van der Waals surface area contributed by atoms with Crippen LogP contribution in [0.4, 0.5) is 5.69 Å². The number of fused-ring (bicyclic) bond motifs is 2. The van der Waals surface area contributed by atoms with Crippen LogP contribution in [0.2, 0.25) is 0 Å². The van der Waals surface area contributed by atoms with E-state index in [0.717, 1.165) is 21.3 Å². The topological polar surface area (TPSA) is 67.6 Å². The molecule has 2 aromatic carbocycles.